The van der Waals surface area contributed by atoms with Crippen LogP contribution >= 0.6 is 0 Å². The summed E-state index contributed by atoms with van der Waals surface area (Å²) < 4.78 is 20.6. The summed E-state index contributed by atoms with van der Waals surface area (Å²) >= 11 is 0. The summed E-state index contributed by atoms with van der Waals surface area (Å²) in [6.07, 6.45) is 1.73. The monoisotopic (exact) mass is 291 g/mol. The van der Waals surface area contributed by atoms with Crippen molar-refractivity contribution in [2.45, 2.75) is 32.2 Å². The molecule has 1 N–H and O–H groups in total. The quantitative estimate of drug-likeness (QED) is 0.403. The molecule has 0 aromatic carbocycles. The number of esters is 1. The van der Waals surface area contributed by atoms with Crippen LogP contribution in [0, 0.1) is 0 Å². The second-order valence-electron chi connectivity index (χ2n) is 4.76. The van der Waals surface area contributed by atoms with Gasteiger partial charge in [0.05, 0.1) is 26.9 Å². The van der Waals surface area contributed by atoms with E-state index in [0.29, 0.717) is 26.4 Å². The van der Waals surface area contributed by atoms with Crippen molar-refractivity contribution in [1.29, 1.82) is 0 Å². The van der Waals surface area contributed by atoms with Gasteiger partial charge < -0.3 is 24.3 Å². The molecule has 0 aromatic rings. The lowest BCUT2D eigenvalue weighted by Gasteiger charge is -2.27. The molecule has 0 aliphatic rings. The Morgan fingerprint density at radius 1 is 1.10 bits per heavy atom. The number of carbonyl (C=O) groups excluding carboxylic acids is 1. The van der Waals surface area contributed by atoms with E-state index in [1.54, 1.807) is 14.0 Å². The number of rotatable bonds is 13. The maximum absolute atomic E-state index is 11.8. The molecule has 0 aliphatic carbocycles. The van der Waals surface area contributed by atoms with E-state index in [9.17, 15) is 4.79 Å². The van der Waals surface area contributed by atoms with Crippen molar-refractivity contribution >= 4 is 5.97 Å². The third-order valence-electron chi connectivity index (χ3n) is 2.80. The van der Waals surface area contributed by atoms with Gasteiger partial charge in [-0.3, -0.25) is 0 Å². The largest absolute Gasteiger partial charge is 0.468 e. The molecule has 0 fully saturated rings. The topological polar surface area (TPSA) is 66.0 Å². The number of hydrogen-bond donors (Lipinski definition) is 1. The Bertz CT molecular complexity index is 250. The molecule has 20 heavy (non-hydrogen) atoms. The molecular weight excluding hydrogens is 262 g/mol. The minimum atomic E-state index is -0.790. The lowest BCUT2D eigenvalue weighted by Crippen LogP contribution is -2.54. The zero-order valence-corrected chi connectivity index (χ0v) is 13.2. The highest BCUT2D eigenvalue weighted by atomic mass is 16.5. The van der Waals surface area contributed by atoms with Crippen LogP contribution in [0.1, 0.15) is 26.7 Å². The third-order valence-corrected chi connectivity index (χ3v) is 2.80. The number of nitrogens with one attached hydrogen (secondary N) is 1. The summed E-state index contributed by atoms with van der Waals surface area (Å²) in [4.78, 5) is 11.8. The fourth-order valence-corrected chi connectivity index (χ4v) is 1.59. The maximum atomic E-state index is 11.8. The Hall–Kier alpha value is -0.690. The average Bonchev–Trinajstić information content (AvgIpc) is 2.47. The molecule has 0 aromatic heterocycles. The highest BCUT2D eigenvalue weighted by molar-refractivity contribution is 5.80. The molecule has 1 unspecified atom stereocenters. The molecular formula is C14H29NO5. The van der Waals surface area contributed by atoms with Gasteiger partial charge in [-0.2, -0.15) is 0 Å². The summed E-state index contributed by atoms with van der Waals surface area (Å²) in [5.74, 6) is -0.303. The van der Waals surface area contributed by atoms with Gasteiger partial charge in [0, 0.05) is 20.3 Å². The minimum Gasteiger partial charge on any atom is -0.468 e. The molecule has 0 spiro atoms. The van der Waals surface area contributed by atoms with E-state index >= 15 is 0 Å². The lowest BCUT2D eigenvalue weighted by atomic mass is 10.0. The molecule has 0 aliphatic heterocycles. The second kappa shape index (κ2) is 12.1. The summed E-state index contributed by atoms with van der Waals surface area (Å²) in [5, 5.41) is 3.17. The Labute approximate surface area is 122 Å². The predicted octanol–water partition coefficient (Wildman–Crippen LogP) is 0.987. The van der Waals surface area contributed by atoms with Crippen LogP contribution in [0.4, 0.5) is 0 Å². The fraction of sp³-hybridized carbons (Fsp3) is 0.929. The molecule has 6 heteroatoms. The zero-order valence-electron chi connectivity index (χ0n) is 13.2. The molecule has 6 nitrogen and oxygen atoms in total. The summed E-state index contributed by atoms with van der Waals surface area (Å²) in [6.45, 7) is 7.24. The third kappa shape index (κ3) is 8.47. The van der Waals surface area contributed by atoms with Gasteiger partial charge in [-0.1, -0.05) is 6.92 Å². The van der Waals surface area contributed by atoms with Crippen LogP contribution in [0.15, 0.2) is 0 Å². The van der Waals surface area contributed by atoms with Gasteiger partial charge in [0.2, 0.25) is 0 Å². The Morgan fingerprint density at radius 2 is 1.80 bits per heavy atom. The van der Waals surface area contributed by atoms with Crippen molar-refractivity contribution < 1.29 is 23.7 Å². The van der Waals surface area contributed by atoms with Gasteiger partial charge in [-0.25, -0.2) is 4.79 Å². The van der Waals surface area contributed by atoms with Gasteiger partial charge in [-0.05, 0) is 26.3 Å². The number of carbonyl (C=O) groups is 1. The van der Waals surface area contributed by atoms with Crippen LogP contribution in [0.3, 0.4) is 0 Å². The number of methoxy groups -OCH3 is 2. The summed E-state index contributed by atoms with van der Waals surface area (Å²) in [6, 6.07) is 0. The van der Waals surface area contributed by atoms with E-state index in [1.165, 1.54) is 7.11 Å². The van der Waals surface area contributed by atoms with E-state index in [-0.39, 0.29) is 12.6 Å². The van der Waals surface area contributed by atoms with Crippen LogP contribution in [0.25, 0.3) is 0 Å². The first-order valence-electron chi connectivity index (χ1n) is 7.08. The van der Waals surface area contributed by atoms with Crippen molar-refractivity contribution in [3.05, 3.63) is 0 Å². The fourth-order valence-electron chi connectivity index (χ4n) is 1.59. The van der Waals surface area contributed by atoms with Gasteiger partial charge in [0.1, 0.15) is 5.54 Å². The first kappa shape index (κ1) is 19.3. The van der Waals surface area contributed by atoms with Crippen LogP contribution in [-0.2, 0) is 23.7 Å². The highest BCUT2D eigenvalue weighted by Gasteiger charge is 2.33. The Balaban J connectivity index is 3.82. The van der Waals surface area contributed by atoms with Crippen LogP contribution in [-0.4, -0.2) is 65.3 Å². The Kier molecular flexibility index (Phi) is 11.7. The van der Waals surface area contributed by atoms with E-state index in [2.05, 4.69) is 5.32 Å². The van der Waals surface area contributed by atoms with E-state index in [4.69, 9.17) is 18.9 Å². The molecule has 120 valence electrons. The van der Waals surface area contributed by atoms with Crippen molar-refractivity contribution in [1.82, 2.24) is 5.32 Å². The Morgan fingerprint density at radius 3 is 2.40 bits per heavy atom. The van der Waals surface area contributed by atoms with Crippen molar-refractivity contribution in [2.75, 3.05) is 53.8 Å². The van der Waals surface area contributed by atoms with E-state index in [1.807, 2.05) is 6.92 Å². The van der Waals surface area contributed by atoms with Crippen molar-refractivity contribution in [2.24, 2.45) is 0 Å². The molecule has 0 bridgehead atoms. The smallest absolute Gasteiger partial charge is 0.328 e. The normalized spacial score (nSPS) is 14.0. The van der Waals surface area contributed by atoms with E-state index in [0.717, 1.165) is 19.4 Å². The predicted molar refractivity (Wildman–Crippen MR) is 76.8 cm³/mol. The van der Waals surface area contributed by atoms with Gasteiger partial charge in [-0.15, -0.1) is 0 Å². The summed E-state index contributed by atoms with van der Waals surface area (Å²) in [7, 11) is 3.03. The van der Waals surface area contributed by atoms with Crippen molar-refractivity contribution in [3.63, 3.8) is 0 Å². The molecule has 0 saturated heterocycles. The van der Waals surface area contributed by atoms with Crippen LogP contribution in [0.5, 0.6) is 0 Å². The number of hydrogen-bond acceptors (Lipinski definition) is 6. The highest BCUT2D eigenvalue weighted by Crippen LogP contribution is 2.08. The van der Waals surface area contributed by atoms with Crippen LogP contribution < -0.4 is 5.32 Å². The second-order valence-corrected chi connectivity index (χ2v) is 4.76. The van der Waals surface area contributed by atoms with Gasteiger partial charge >= 0.3 is 5.97 Å². The van der Waals surface area contributed by atoms with Gasteiger partial charge in [0.15, 0.2) is 0 Å². The van der Waals surface area contributed by atoms with Gasteiger partial charge in [0.25, 0.3) is 0 Å². The first-order valence-corrected chi connectivity index (χ1v) is 7.08. The molecule has 0 saturated carbocycles. The van der Waals surface area contributed by atoms with Crippen LogP contribution in [0.2, 0.25) is 0 Å². The molecule has 1 atom stereocenters. The standard InChI is InChI=1S/C14H29NO5/c1-5-7-15-14(2,13(16)18-4)12-20-9-6-8-19-11-10-17-3/h15H,5-12H2,1-4H3. The minimum absolute atomic E-state index is 0.289. The van der Waals surface area contributed by atoms with Crippen molar-refractivity contribution in [3.8, 4) is 0 Å². The van der Waals surface area contributed by atoms with E-state index < -0.39 is 5.54 Å². The molecule has 0 rings (SSSR count). The maximum Gasteiger partial charge on any atom is 0.328 e. The zero-order chi connectivity index (χ0) is 15.3. The average molecular weight is 291 g/mol. The first-order chi connectivity index (χ1) is 9.60. The number of ether oxygens (including phenoxy) is 4. The molecule has 0 amide bonds. The summed E-state index contributed by atoms with van der Waals surface area (Å²) in [5.41, 5.74) is -0.790. The SMILES string of the molecule is CCCNC(C)(COCCCOCCOC)C(=O)OC. The molecule has 0 radical (unpaired) electrons. The lowest BCUT2D eigenvalue weighted by molar-refractivity contribution is -0.150. The molecule has 0 heterocycles.